The first kappa shape index (κ1) is 13.8. The van der Waals surface area contributed by atoms with Gasteiger partial charge < -0.3 is 10.6 Å². The number of nitrogens with one attached hydrogen (secondary N) is 2. The number of hydrogen-bond acceptors (Lipinski definition) is 5. The summed E-state index contributed by atoms with van der Waals surface area (Å²) in [5.41, 5.74) is 1.70. The van der Waals surface area contributed by atoms with E-state index in [1.165, 1.54) is 22.7 Å². The molecule has 2 aromatic heterocycles. The van der Waals surface area contributed by atoms with Crippen LogP contribution in [-0.4, -0.2) is 12.5 Å². The fourth-order valence-electron chi connectivity index (χ4n) is 2.16. The molecule has 0 saturated carbocycles. The van der Waals surface area contributed by atoms with E-state index < -0.39 is 0 Å². The maximum atomic E-state index is 12.2. The third kappa shape index (κ3) is 2.40. The molecule has 2 aromatic rings. The Morgan fingerprint density at radius 1 is 1.55 bits per heavy atom. The quantitative estimate of drug-likeness (QED) is 0.855. The summed E-state index contributed by atoms with van der Waals surface area (Å²) < 4.78 is 0.779. The lowest BCUT2D eigenvalue weighted by atomic mass is 10.1. The third-order valence-corrected chi connectivity index (χ3v) is 6.07. The monoisotopic (exact) mass is 367 g/mol. The number of rotatable bonds is 2. The zero-order valence-electron chi connectivity index (χ0n) is 10.3. The lowest BCUT2D eigenvalue weighted by Crippen LogP contribution is -2.22. The summed E-state index contributed by atoms with van der Waals surface area (Å²) in [6, 6.07) is 4.07. The molecule has 1 aliphatic rings. The molecule has 0 spiro atoms. The van der Waals surface area contributed by atoms with Crippen molar-refractivity contribution < 1.29 is 4.79 Å². The zero-order chi connectivity index (χ0) is 14.1. The maximum absolute atomic E-state index is 12.2. The number of amides is 1. The van der Waals surface area contributed by atoms with Crippen LogP contribution in [0.25, 0.3) is 0 Å². The molecule has 0 aromatic carbocycles. The molecular formula is C13H10BrN3OS2. The van der Waals surface area contributed by atoms with Crippen LogP contribution in [-0.2, 0) is 13.0 Å². The molecule has 0 bridgehead atoms. The second-order valence-corrected chi connectivity index (χ2v) is 7.17. The highest BCUT2D eigenvalue weighted by atomic mass is 79.9. The first-order valence-corrected chi connectivity index (χ1v) is 8.49. The summed E-state index contributed by atoms with van der Waals surface area (Å²) in [7, 11) is 0. The fourth-order valence-corrected chi connectivity index (χ4v) is 4.77. The molecule has 20 heavy (non-hydrogen) atoms. The number of fused-ring (bicyclic) bond motifs is 1. The van der Waals surface area contributed by atoms with Crippen molar-refractivity contribution >= 4 is 49.5 Å². The van der Waals surface area contributed by atoms with Gasteiger partial charge in [-0.15, -0.1) is 22.7 Å². The summed E-state index contributed by atoms with van der Waals surface area (Å²) in [6.07, 6.45) is 0.841. The summed E-state index contributed by atoms with van der Waals surface area (Å²) in [4.78, 5) is 14.0. The SMILES string of the molecule is N#Cc1c(NC(=O)c2sccc2Br)sc2c1CCNC2. The molecule has 1 amide bonds. The summed E-state index contributed by atoms with van der Waals surface area (Å²) >= 11 is 6.22. The zero-order valence-corrected chi connectivity index (χ0v) is 13.5. The molecule has 0 radical (unpaired) electrons. The van der Waals surface area contributed by atoms with Crippen molar-refractivity contribution in [2.75, 3.05) is 11.9 Å². The molecule has 2 N–H and O–H groups in total. The topological polar surface area (TPSA) is 64.9 Å². The van der Waals surface area contributed by atoms with E-state index in [-0.39, 0.29) is 5.91 Å². The second-order valence-electron chi connectivity index (χ2n) is 4.30. The second kappa shape index (κ2) is 5.66. The van der Waals surface area contributed by atoms with Gasteiger partial charge in [-0.1, -0.05) is 0 Å². The molecule has 0 atom stereocenters. The van der Waals surface area contributed by atoms with E-state index in [0.29, 0.717) is 15.4 Å². The van der Waals surface area contributed by atoms with Crippen molar-refractivity contribution in [2.45, 2.75) is 13.0 Å². The molecule has 0 fully saturated rings. The van der Waals surface area contributed by atoms with E-state index in [0.717, 1.165) is 34.4 Å². The van der Waals surface area contributed by atoms with Gasteiger partial charge >= 0.3 is 0 Å². The van der Waals surface area contributed by atoms with Gasteiger partial charge in [-0.05, 0) is 45.9 Å². The van der Waals surface area contributed by atoms with Crippen LogP contribution in [0.2, 0.25) is 0 Å². The minimum atomic E-state index is -0.171. The number of hydrogen-bond donors (Lipinski definition) is 2. The van der Waals surface area contributed by atoms with Crippen molar-refractivity contribution in [2.24, 2.45) is 0 Å². The van der Waals surface area contributed by atoms with Gasteiger partial charge in [-0.2, -0.15) is 5.26 Å². The maximum Gasteiger partial charge on any atom is 0.267 e. The number of nitriles is 1. The minimum absolute atomic E-state index is 0.171. The molecule has 7 heteroatoms. The molecule has 102 valence electrons. The molecule has 0 unspecified atom stereocenters. The van der Waals surface area contributed by atoms with Gasteiger partial charge in [0, 0.05) is 15.9 Å². The number of halogens is 1. The molecule has 1 aliphatic heterocycles. The Labute approximate surface area is 132 Å². The first-order valence-electron chi connectivity index (χ1n) is 6.00. The summed E-state index contributed by atoms with van der Waals surface area (Å²) in [5.74, 6) is -0.171. The Kier molecular flexibility index (Phi) is 3.89. The van der Waals surface area contributed by atoms with Gasteiger partial charge in [0.1, 0.15) is 15.9 Å². The molecule has 3 heterocycles. The van der Waals surface area contributed by atoms with Gasteiger partial charge in [0.05, 0.1) is 5.56 Å². The molecule has 4 nitrogen and oxygen atoms in total. The van der Waals surface area contributed by atoms with Crippen molar-refractivity contribution in [1.82, 2.24) is 5.32 Å². The van der Waals surface area contributed by atoms with Crippen LogP contribution >= 0.6 is 38.6 Å². The van der Waals surface area contributed by atoms with Crippen LogP contribution in [0.5, 0.6) is 0 Å². The number of carbonyl (C=O) groups is 1. The number of thiophene rings is 2. The van der Waals surface area contributed by atoms with Crippen LogP contribution in [0.4, 0.5) is 5.00 Å². The van der Waals surface area contributed by atoms with Crippen LogP contribution in [0.3, 0.4) is 0 Å². The molecule has 3 rings (SSSR count). The van der Waals surface area contributed by atoms with Gasteiger partial charge in [-0.25, -0.2) is 0 Å². The highest BCUT2D eigenvalue weighted by Gasteiger charge is 2.22. The Balaban J connectivity index is 1.92. The standard InChI is InChI=1S/C13H10BrN3OS2/c14-9-2-4-19-11(9)12(18)17-13-8(5-15)7-1-3-16-6-10(7)20-13/h2,4,16H,1,3,6H2,(H,17,18). The van der Waals surface area contributed by atoms with Gasteiger partial charge in [0.2, 0.25) is 0 Å². The summed E-state index contributed by atoms with van der Waals surface area (Å²) in [5, 5.41) is 18.0. The van der Waals surface area contributed by atoms with E-state index in [1.807, 2.05) is 11.4 Å². The van der Waals surface area contributed by atoms with E-state index in [2.05, 4.69) is 32.6 Å². The van der Waals surface area contributed by atoms with Crippen LogP contribution in [0, 0.1) is 11.3 Å². The van der Waals surface area contributed by atoms with Crippen molar-refractivity contribution in [1.29, 1.82) is 5.26 Å². The highest BCUT2D eigenvalue weighted by molar-refractivity contribution is 9.10. The lowest BCUT2D eigenvalue weighted by Gasteiger charge is -2.11. The van der Waals surface area contributed by atoms with Gasteiger partial charge in [0.25, 0.3) is 5.91 Å². The Morgan fingerprint density at radius 3 is 3.10 bits per heavy atom. The van der Waals surface area contributed by atoms with Crippen molar-refractivity contribution in [3.05, 3.63) is 36.8 Å². The van der Waals surface area contributed by atoms with Crippen LogP contribution < -0.4 is 10.6 Å². The number of nitrogens with zero attached hydrogens (tertiary/aromatic N) is 1. The van der Waals surface area contributed by atoms with Crippen molar-refractivity contribution in [3.63, 3.8) is 0 Å². The number of carbonyl (C=O) groups excluding carboxylic acids is 1. The average molecular weight is 368 g/mol. The van der Waals surface area contributed by atoms with E-state index in [9.17, 15) is 10.1 Å². The molecular weight excluding hydrogens is 358 g/mol. The van der Waals surface area contributed by atoms with E-state index >= 15 is 0 Å². The normalized spacial score (nSPS) is 13.6. The van der Waals surface area contributed by atoms with Crippen LogP contribution in [0.1, 0.15) is 25.7 Å². The minimum Gasteiger partial charge on any atom is -0.312 e. The first-order chi connectivity index (χ1) is 9.70. The van der Waals surface area contributed by atoms with Crippen LogP contribution in [0.15, 0.2) is 15.9 Å². The Hall–Kier alpha value is -1.20. The summed E-state index contributed by atoms with van der Waals surface area (Å²) in [6.45, 7) is 1.65. The Morgan fingerprint density at radius 2 is 2.40 bits per heavy atom. The predicted molar refractivity (Wildman–Crippen MR) is 84.4 cm³/mol. The van der Waals surface area contributed by atoms with Crippen molar-refractivity contribution in [3.8, 4) is 6.07 Å². The molecule has 0 saturated heterocycles. The largest absolute Gasteiger partial charge is 0.312 e. The predicted octanol–water partition coefficient (Wildman–Crippen LogP) is 3.34. The Bertz CT molecular complexity index is 714. The van der Waals surface area contributed by atoms with Gasteiger partial charge in [-0.3, -0.25) is 4.79 Å². The number of anilines is 1. The third-order valence-electron chi connectivity index (χ3n) is 3.09. The average Bonchev–Trinajstić information content (AvgIpc) is 3.01. The fraction of sp³-hybridized carbons (Fsp3) is 0.231. The van der Waals surface area contributed by atoms with E-state index in [1.54, 1.807) is 0 Å². The van der Waals surface area contributed by atoms with E-state index in [4.69, 9.17) is 0 Å². The highest BCUT2D eigenvalue weighted by Crippen LogP contribution is 2.35. The molecule has 0 aliphatic carbocycles. The lowest BCUT2D eigenvalue weighted by molar-refractivity contribution is 0.103. The smallest absolute Gasteiger partial charge is 0.267 e. The van der Waals surface area contributed by atoms with Gasteiger partial charge in [0.15, 0.2) is 0 Å².